The molecule has 0 aliphatic carbocycles. The molecule has 0 unspecified atom stereocenters. The Morgan fingerprint density at radius 2 is 1.56 bits per heavy atom. The van der Waals surface area contributed by atoms with E-state index in [9.17, 15) is 22.0 Å². The largest absolute Gasteiger partial charge is 0.336 e. The van der Waals surface area contributed by atoms with Gasteiger partial charge in [-0.1, -0.05) is 6.07 Å². The number of aromatic nitrogens is 2. The molecule has 184 valence electrons. The van der Waals surface area contributed by atoms with Crippen molar-refractivity contribution in [2.24, 2.45) is 0 Å². The van der Waals surface area contributed by atoms with E-state index in [1.54, 1.807) is 17.0 Å². The quantitative estimate of drug-likeness (QED) is 0.417. The second kappa shape index (κ2) is 9.36. The van der Waals surface area contributed by atoms with Gasteiger partial charge in [0, 0.05) is 37.3 Å². The van der Waals surface area contributed by atoms with E-state index >= 15 is 0 Å². The van der Waals surface area contributed by atoms with Crippen molar-refractivity contribution in [3.63, 3.8) is 0 Å². The third-order valence-corrected chi connectivity index (χ3v) is 7.82. The number of hydrogen-bond acceptors (Lipinski definition) is 6. The lowest BCUT2D eigenvalue weighted by atomic mass is 10.1. The first-order chi connectivity index (χ1) is 17.2. The number of nitrogens with zero attached hydrogens (tertiary/aromatic N) is 4. The molecule has 0 bridgehead atoms. The molecule has 4 aromatic rings. The van der Waals surface area contributed by atoms with E-state index in [2.05, 4.69) is 14.9 Å². The number of benzene rings is 3. The summed E-state index contributed by atoms with van der Waals surface area (Å²) in [5.41, 5.74) is 1.27. The molecule has 0 radical (unpaired) electrons. The fraction of sp³-hybridized carbons (Fsp3) is 0.192. The molecule has 0 N–H and O–H groups in total. The van der Waals surface area contributed by atoms with Gasteiger partial charge in [0.05, 0.1) is 15.9 Å². The van der Waals surface area contributed by atoms with Gasteiger partial charge in [-0.15, -0.1) is 0 Å². The number of rotatable bonds is 4. The van der Waals surface area contributed by atoms with E-state index in [1.165, 1.54) is 42.5 Å². The minimum absolute atomic E-state index is 0.00454. The van der Waals surface area contributed by atoms with E-state index in [-0.39, 0.29) is 22.0 Å². The highest BCUT2D eigenvalue weighted by Gasteiger charge is 2.27. The summed E-state index contributed by atoms with van der Waals surface area (Å²) in [6.07, 6.45) is 0. The van der Waals surface area contributed by atoms with Crippen molar-refractivity contribution in [1.29, 1.82) is 0 Å². The van der Waals surface area contributed by atoms with Crippen LogP contribution in [0.15, 0.2) is 76.7 Å². The fourth-order valence-electron chi connectivity index (χ4n) is 4.09. The molecule has 1 fully saturated rings. The second-order valence-electron chi connectivity index (χ2n) is 8.64. The summed E-state index contributed by atoms with van der Waals surface area (Å²) in [5, 5.41) is -0.406. The van der Waals surface area contributed by atoms with Gasteiger partial charge >= 0.3 is 0 Å². The first-order valence-corrected chi connectivity index (χ1v) is 12.8. The predicted octanol–water partition coefficient (Wildman–Crippen LogP) is 3.80. The SMILES string of the molecule is CN1CCN(C(=O)c2ccc3nc(-c4ccc(F)cc4)c(S(=O)(=O)c4cccc(F)c4)nc3c2)CC1. The van der Waals surface area contributed by atoms with Gasteiger partial charge in [-0.3, -0.25) is 4.79 Å². The van der Waals surface area contributed by atoms with Crippen molar-refractivity contribution in [2.45, 2.75) is 9.92 Å². The molecule has 10 heteroatoms. The van der Waals surface area contributed by atoms with Crippen LogP contribution in [0.25, 0.3) is 22.3 Å². The zero-order valence-electron chi connectivity index (χ0n) is 19.4. The summed E-state index contributed by atoms with van der Waals surface area (Å²) < 4.78 is 54.6. The molecule has 36 heavy (non-hydrogen) atoms. The third-order valence-electron chi connectivity index (χ3n) is 6.15. The zero-order valence-corrected chi connectivity index (χ0v) is 20.2. The van der Waals surface area contributed by atoms with E-state index in [4.69, 9.17) is 0 Å². The molecule has 1 aliphatic heterocycles. The van der Waals surface area contributed by atoms with Crippen molar-refractivity contribution < 1.29 is 22.0 Å². The Bertz CT molecular complexity index is 1570. The summed E-state index contributed by atoms with van der Waals surface area (Å²) in [6, 6.07) is 14.6. The van der Waals surface area contributed by atoms with Crippen LogP contribution >= 0.6 is 0 Å². The molecule has 1 amide bonds. The van der Waals surface area contributed by atoms with Crippen LogP contribution in [0.4, 0.5) is 8.78 Å². The van der Waals surface area contributed by atoms with E-state index < -0.39 is 26.5 Å². The van der Waals surface area contributed by atoms with Gasteiger partial charge in [0.1, 0.15) is 17.3 Å². The molecule has 7 nitrogen and oxygen atoms in total. The second-order valence-corrected chi connectivity index (χ2v) is 10.5. The number of halogens is 2. The normalized spacial score (nSPS) is 14.8. The maximum atomic E-state index is 13.9. The Morgan fingerprint density at radius 3 is 2.25 bits per heavy atom. The van der Waals surface area contributed by atoms with Crippen molar-refractivity contribution >= 4 is 26.8 Å². The number of carbonyl (C=O) groups excluding carboxylic acids is 1. The van der Waals surface area contributed by atoms with Crippen molar-refractivity contribution in [3.8, 4) is 11.3 Å². The first kappa shape index (κ1) is 24.0. The number of sulfone groups is 1. The molecule has 0 saturated carbocycles. The molecule has 1 aliphatic rings. The van der Waals surface area contributed by atoms with Gasteiger partial charge in [0.25, 0.3) is 5.91 Å². The molecule has 0 spiro atoms. The van der Waals surface area contributed by atoms with Crippen LogP contribution in [0.3, 0.4) is 0 Å². The first-order valence-electron chi connectivity index (χ1n) is 11.3. The predicted molar refractivity (Wildman–Crippen MR) is 130 cm³/mol. The van der Waals surface area contributed by atoms with Crippen molar-refractivity contribution in [2.75, 3.05) is 33.2 Å². The average molecular weight is 509 g/mol. The molecule has 0 atom stereocenters. The summed E-state index contributed by atoms with van der Waals surface area (Å²) in [7, 11) is -2.32. The van der Waals surface area contributed by atoms with E-state index in [0.717, 1.165) is 25.2 Å². The Labute approximate surface area is 206 Å². The number of piperazine rings is 1. The lowest BCUT2D eigenvalue weighted by Gasteiger charge is -2.32. The minimum Gasteiger partial charge on any atom is -0.336 e. The maximum Gasteiger partial charge on any atom is 0.254 e. The molecular formula is C26H22F2N4O3S. The highest BCUT2D eigenvalue weighted by molar-refractivity contribution is 7.91. The summed E-state index contributed by atoms with van der Waals surface area (Å²) in [5.74, 6) is -1.38. The summed E-state index contributed by atoms with van der Waals surface area (Å²) in [4.78, 5) is 25.6. The monoisotopic (exact) mass is 508 g/mol. The molecule has 5 rings (SSSR count). The standard InChI is InChI=1S/C26H22F2N4O3S/c1-31-11-13-32(14-12-31)26(33)18-7-10-22-23(15-18)30-25(24(29-22)17-5-8-19(27)9-6-17)36(34,35)21-4-2-3-20(28)16-21/h2-10,15-16H,11-14H2,1H3. The van der Waals surface area contributed by atoms with Crippen LogP contribution < -0.4 is 0 Å². The highest BCUT2D eigenvalue weighted by Crippen LogP contribution is 2.31. The maximum absolute atomic E-state index is 13.9. The fourth-order valence-corrected chi connectivity index (χ4v) is 5.48. The topological polar surface area (TPSA) is 83.5 Å². The minimum atomic E-state index is -4.31. The van der Waals surface area contributed by atoms with E-state index in [1.807, 2.05) is 7.05 Å². The Balaban J connectivity index is 1.66. The van der Waals surface area contributed by atoms with Crippen LogP contribution in [0.1, 0.15) is 10.4 Å². The van der Waals surface area contributed by atoms with Crippen LogP contribution in [0, 0.1) is 11.6 Å². The van der Waals surface area contributed by atoms with Crippen molar-refractivity contribution in [1.82, 2.24) is 19.8 Å². The number of hydrogen-bond donors (Lipinski definition) is 0. The number of likely N-dealkylation sites (N-methyl/N-ethyl adjacent to an activating group) is 1. The number of carbonyl (C=O) groups is 1. The summed E-state index contributed by atoms with van der Waals surface area (Å²) in [6.45, 7) is 2.69. The van der Waals surface area contributed by atoms with Gasteiger partial charge in [-0.05, 0) is 67.7 Å². The van der Waals surface area contributed by atoms with Gasteiger partial charge in [-0.25, -0.2) is 27.2 Å². The molecule has 3 aromatic carbocycles. The number of amides is 1. The van der Waals surface area contributed by atoms with Crippen LogP contribution in [-0.4, -0.2) is 67.3 Å². The van der Waals surface area contributed by atoms with Crippen molar-refractivity contribution in [3.05, 3.63) is 83.9 Å². The highest BCUT2D eigenvalue weighted by atomic mass is 32.2. The lowest BCUT2D eigenvalue weighted by Crippen LogP contribution is -2.47. The Kier molecular flexibility index (Phi) is 6.23. The van der Waals surface area contributed by atoms with Gasteiger partial charge in [0.15, 0.2) is 5.03 Å². The molecule has 1 saturated heterocycles. The Morgan fingerprint density at radius 1 is 0.833 bits per heavy atom. The smallest absolute Gasteiger partial charge is 0.254 e. The van der Waals surface area contributed by atoms with Crippen LogP contribution in [0.2, 0.25) is 0 Å². The van der Waals surface area contributed by atoms with Crippen LogP contribution in [0.5, 0.6) is 0 Å². The van der Waals surface area contributed by atoms with E-state index in [0.29, 0.717) is 29.7 Å². The average Bonchev–Trinajstić information content (AvgIpc) is 2.88. The lowest BCUT2D eigenvalue weighted by molar-refractivity contribution is 0.0664. The number of fused-ring (bicyclic) bond motifs is 1. The van der Waals surface area contributed by atoms with Gasteiger partial charge in [0.2, 0.25) is 9.84 Å². The molecule has 2 heterocycles. The Hall–Kier alpha value is -3.76. The summed E-state index contributed by atoms with van der Waals surface area (Å²) >= 11 is 0. The molecule has 1 aromatic heterocycles. The van der Waals surface area contributed by atoms with Gasteiger partial charge < -0.3 is 9.80 Å². The molecular weight excluding hydrogens is 486 g/mol. The zero-order chi connectivity index (χ0) is 25.4. The van der Waals surface area contributed by atoms with Gasteiger partial charge in [-0.2, -0.15) is 0 Å². The van der Waals surface area contributed by atoms with Crippen LogP contribution in [-0.2, 0) is 9.84 Å². The third kappa shape index (κ3) is 4.57.